The minimum atomic E-state index is -0.546. The van der Waals surface area contributed by atoms with Crippen LogP contribution in [-0.2, 0) is 9.59 Å². The van der Waals surface area contributed by atoms with Gasteiger partial charge in [-0.3, -0.25) is 14.4 Å². The minimum absolute atomic E-state index is 0.0329. The van der Waals surface area contributed by atoms with Gasteiger partial charge in [-0.15, -0.1) is 0 Å². The molecule has 0 saturated carbocycles. The number of halogens is 1. The molecular weight excluding hydrogens is 507 g/mol. The van der Waals surface area contributed by atoms with E-state index in [2.05, 4.69) is 21.2 Å². The Labute approximate surface area is 225 Å². The number of methoxy groups -OCH3 is 1. The highest BCUT2D eigenvalue weighted by Gasteiger charge is 2.11. The molecule has 0 aliphatic rings. The summed E-state index contributed by atoms with van der Waals surface area (Å²) < 4.78 is 29.9. The van der Waals surface area contributed by atoms with E-state index >= 15 is 0 Å². The molecule has 3 aromatic rings. The molecular formula is C28H29FN4O6. The normalized spacial score (nSPS) is 10.5. The van der Waals surface area contributed by atoms with Crippen molar-refractivity contribution in [3.63, 3.8) is 0 Å². The third-order valence-electron chi connectivity index (χ3n) is 5.17. The van der Waals surface area contributed by atoms with E-state index in [1.807, 2.05) is 0 Å². The van der Waals surface area contributed by atoms with Gasteiger partial charge in [0.2, 0.25) is 5.91 Å². The first kappa shape index (κ1) is 28.6. The zero-order chi connectivity index (χ0) is 28.0. The van der Waals surface area contributed by atoms with E-state index < -0.39 is 11.7 Å². The van der Waals surface area contributed by atoms with Gasteiger partial charge in [0.05, 0.1) is 25.6 Å². The Morgan fingerprint density at radius 3 is 2.44 bits per heavy atom. The number of hydrazone groups is 1. The quantitative estimate of drug-likeness (QED) is 0.227. The van der Waals surface area contributed by atoms with E-state index in [-0.39, 0.29) is 37.1 Å². The summed E-state index contributed by atoms with van der Waals surface area (Å²) in [5, 5.41) is 9.04. The minimum Gasteiger partial charge on any atom is -0.497 e. The number of amides is 3. The summed E-state index contributed by atoms with van der Waals surface area (Å²) in [5.74, 6) is -0.437. The molecule has 3 aromatic carbocycles. The molecule has 0 aliphatic carbocycles. The molecule has 0 aliphatic heterocycles. The number of anilines is 1. The Morgan fingerprint density at radius 2 is 1.72 bits per heavy atom. The summed E-state index contributed by atoms with van der Waals surface area (Å²) in [4.78, 5) is 36.4. The van der Waals surface area contributed by atoms with Gasteiger partial charge in [0.25, 0.3) is 11.8 Å². The summed E-state index contributed by atoms with van der Waals surface area (Å²) >= 11 is 0. The van der Waals surface area contributed by atoms with Gasteiger partial charge in [0.1, 0.15) is 11.6 Å². The molecule has 11 heteroatoms. The maximum Gasteiger partial charge on any atom is 0.262 e. The van der Waals surface area contributed by atoms with Crippen molar-refractivity contribution in [2.45, 2.75) is 13.3 Å². The number of nitrogens with one attached hydrogen (secondary N) is 3. The predicted molar refractivity (Wildman–Crippen MR) is 144 cm³/mol. The van der Waals surface area contributed by atoms with Crippen LogP contribution in [-0.4, -0.2) is 50.8 Å². The lowest BCUT2D eigenvalue weighted by Gasteiger charge is -2.13. The molecule has 0 fully saturated rings. The number of hydrogen-bond donors (Lipinski definition) is 3. The Hall–Kier alpha value is -4.93. The number of carbonyl (C=O) groups excluding carboxylic acids is 3. The lowest BCUT2D eigenvalue weighted by atomic mass is 10.2. The SMILES string of the molecule is CCOc1cc(C=NNC(=O)CCNC(=O)c2ccc(OC)cc2)ccc1OCC(=O)Nc1ccccc1F. The van der Waals surface area contributed by atoms with Crippen molar-refractivity contribution in [3.05, 3.63) is 83.7 Å². The molecule has 0 unspecified atom stereocenters. The van der Waals surface area contributed by atoms with Crippen molar-refractivity contribution in [2.75, 3.05) is 32.2 Å². The van der Waals surface area contributed by atoms with Crippen LogP contribution in [0.3, 0.4) is 0 Å². The number of ether oxygens (including phenoxy) is 3. The maximum atomic E-state index is 13.7. The highest BCUT2D eigenvalue weighted by molar-refractivity contribution is 5.94. The average Bonchev–Trinajstić information content (AvgIpc) is 2.94. The van der Waals surface area contributed by atoms with Gasteiger partial charge in [0.15, 0.2) is 18.1 Å². The van der Waals surface area contributed by atoms with Gasteiger partial charge in [-0.25, -0.2) is 9.82 Å². The monoisotopic (exact) mass is 536 g/mol. The number of hydrogen-bond acceptors (Lipinski definition) is 7. The Balaban J connectivity index is 1.46. The van der Waals surface area contributed by atoms with E-state index in [9.17, 15) is 18.8 Å². The molecule has 0 saturated heterocycles. The molecule has 3 amide bonds. The Morgan fingerprint density at radius 1 is 0.949 bits per heavy atom. The summed E-state index contributed by atoms with van der Waals surface area (Å²) in [6.45, 7) is 1.92. The molecule has 3 N–H and O–H groups in total. The smallest absolute Gasteiger partial charge is 0.262 e. The van der Waals surface area contributed by atoms with Gasteiger partial charge in [0, 0.05) is 18.5 Å². The molecule has 0 heterocycles. The van der Waals surface area contributed by atoms with E-state index in [0.29, 0.717) is 35.0 Å². The maximum absolute atomic E-state index is 13.7. The van der Waals surface area contributed by atoms with Crippen LogP contribution in [0.1, 0.15) is 29.3 Å². The van der Waals surface area contributed by atoms with E-state index in [1.54, 1.807) is 62.6 Å². The topological polar surface area (TPSA) is 127 Å². The summed E-state index contributed by atoms with van der Waals surface area (Å²) in [6, 6.07) is 17.3. The molecule has 39 heavy (non-hydrogen) atoms. The molecule has 10 nitrogen and oxygen atoms in total. The van der Waals surface area contributed by atoms with Crippen LogP contribution in [0, 0.1) is 5.82 Å². The van der Waals surface area contributed by atoms with E-state index in [0.717, 1.165) is 0 Å². The van der Waals surface area contributed by atoms with Crippen molar-refractivity contribution in [2.24, 2.45) is 5.10 Å². The first-order valence-corrected chi connectivity index (χ1v) is 12.1. The van der Waals surface area contributed by atoms with Crippen molar-refractivity contribution < 1.29 is 33.0 Å². The number of benzene rings is 3. The zero-order valence-corrected chi connectivity index (χ0v) is 21.5. The van der Waals surface area contributed by atoms with Gasteiger partial charge in [-0.1, -0.05) is 12.1 Å². The lowest BCUT2D eigenvalue weighted by molar-refractivity contribution is -0.121. The second-order valence-corrected chi connectivity index (χ2v) is 7.98. The second kappa shape index (κ2) is 14.7. The lowest BCUT2D eigenvalue weighted by Crippen LogP contribution is -2.29. The molecule has 0 bridgehead atoms. The van der Waals surface area contributed by atoms with Crippen molar-refractivity contribution >= 4 is 29.6 Å². The first-order chi connectivity index (χ1) is 18.9. The van der Waals surface area contributed by atoms with Crippen LogP contribution in [0.15, 0.2) is 71.8 Å². The third-order valence-corrected chi connectivity index (χ3v) is 5.17. The number of carbonyl (C=O) groups is 3. The van der Waals surface area contributed by atoms with Gasteiger partial charge >= 0.3 is 0 Å². The fourth-order valence-corrected chi connectivity index (χ4v) is 3.25. The summed E-state index contributed by atoms with van der Waals surface area (Å²) in [7, 11) is 1.54. The molecule has 204 valence electrons. The third kappa shape index (κ3) is 9.15. The fourth-order valence-electron chi connectivity index (χ4n) is 3.25. The van der Waals surface area contributed by atoms with Crippen molar-refractivity contribution in [3.8, 4) is 17.2 Å². The summed E-state index contributed by atoms with van der Waals surface area (Å²) in [6.07, 6.45) is 1.45. The van der Waals surface area contributed by atoms with Crippen LogP contribution in [0.25, 0.3) is 0 Å². The van der Waals surface area contributed by atoms with Crippen LogP contribution in [0.4, 0.5) is 10.1 Å². The van der Waals surface area contributed by atoms with Gasteiger partial charge in [-0.05, 0) is 67.1 Å². The van der Waals surface area contributed by atoms with Crippen LogP contribution >= 0.6 is 0 Å². The number of para-hydroxylation sites is 1. The molecule has 0 spiro atoms. The Kier molecular flexibility index (Phi) is 10.8. The van der Waals surface area contributed by atoms with Gasteiger partial charge < -0.3 is 24.8 Å². The number of rotatable bonds is 13. The standard InChI is InChI=1S/C28H29FN4O6/c1-3-38-25-16-19(8-13-24(25)39-18-27(35)32-23-7-5-4-6-22(23)29)17-31-33-26(34)14-15-30-28(36)20-9-11-21(37-2)12-10-20/h4-13,16-17H,3,14-15,18H2,1-2H3,(H,30,36)(H,32,35)(H,33,34). The molecule has 0 radical (unpaired) electrons. The molecule has 3 rings (SSSR count). The van der Waals surface area contributed by atoms with Crippen molar-refractivity contribution in [1.29, 1.82) is 0 Å². The van der Waals surface area contributed by atoms with Gasteiger partial charge in [-0.2, -0.15) is 5.10 Å². The van der Waals surface area contributed by atoms with Crippen LogP contribution in [0.5, 0.6) is 17.2 Å². The number of nitrogens with zero attached hydrogens (tertiary/aromatic N) is 1. The largest absolute Gasteiger partial charge is 0.497 e. The van der Waals surface area contributed by atoms with E-state index in [4.69, 9.17) is 14.2 Å². The molecule has 0 aromatic heterocycles. The predicted octanol–water partition coefficient (Wildman–Crippen LogP) is 3.52. The van der Waals surface area contributed by atoms with Crippen LogP contribution in [0.2, 0.25) is 0 Å². The summed E-state index contributed by atoms with van der Waals surface area (Å²) in [5.41, 5.74) is 3.52. The van der Waals surface area contributed by atoms with Crippen molar-refractivity contribution in [1.82, 2.24) is 10.7 Å². The Bertz CT molecular complexity index is 1310. The second-order valence-electron chi connectivity index (χ2n) is 7.98. The first-order valence-electron chi connectivity index (χ1n) is 12.1. The zero-order valence-electron chi connectivity index (χ0n) is 21.5. The van der Waals surface area contributed by atoms with E-state index in [1.165, 1.54) is 24.4 Å². The average molecular weight is 537 g/mol. The fraction of sp³-hybridized carbons (Fsp3) is 0.214. The highest BCUT2D eigenvalue weighted by Crippen LogP contribution is 2.28. The molecule has 0 atom stereocenters. The highest BCUT2D eigenvalue weighted by atomic mass is 19.1. The van der Waals surface area contributed by atoms with Crippen LogP contribution < -0.4 is 30.3 Å².